The third-order valence-corrected chi connectivity index (χ3v) is 2.60. The highest BCUT2D eigenvalue weighted by Gasteiger charge is 2.05. The maximum absolute atomic E-state index is 5.57. The number of ether oxygens (including phenoxy) is 2. The number of methoxy groups -OCH3 is 1. The fourth-order valence-corrected chi connectivity index (χ4v) is 1.74. The quantitative estimate of drug-likeness (QED) is 0.867. The lowest BCUT2D eigenvalue weighted by molar-refractivity contribution is 0.389. The molecule has 0 amide bonds. The van der Waals surface area contributed by atoms with Crippen molar-refractivity contribution in [1.29, 1.82) is 0 Å². The second-order valence-corrected chi connectivity index (χ2v) is 4.41. The average Bonchev–Trinajstić information content (AvgIpc) is 2.28. The normalized spacial score (nSPS) is 10.0. The summed E-state index contributed by atoms with van der Waals surface area (Å²) in [6.07, 6.45) is 0. The molecule has 0 saturated heterocycles. The van der Waals surface area contributed by atoms with Gasteiger partial charge < -0.3 is 15.2 Å². The molecule has 0 aliphatic rings. The molecule has 0 saturated carbocycles. The van der Waals surface area contributed by atoms with Gasteiger partial charge >= 0.3 is 0 Å². The Morgan fingerprint density at radius 3 is 2.65 bits per heavy atom. The molecule has 0 spiro atoms. The van der Waals surface area contributed by atoms with E-state index in [-0.39, 0.29) is 5.95 Å². The van der Waals surface area contributed by atoms with Crippen LogP contribution < -0.4 is 15.2 Å². The summed E-state index contributed by atoms with van der Waals surface area (Å²) in [4.78, 5) is 7.84. The minimum atomic E-state index is 0.116. The number of anilines is 1. The van der Waals surface area contributed by atoms with E-state index in [1.807, 2.05) is 24.3 Å². The molecule has 2 aromatic rings. The molecule has 0 radical (unpaired) electrons. The van der Waals surface area contributed by atoms with E-state index in [1.165, 1.54) is 7.11 Å². The Labute approximate surface area is 112 Å². The number of hydrogen-bond acceptors (Lipinski definition) is 5. The van der Waals surface area contributed by atoms with E-state index in [1.54, 1.807) is 6.07 Å². The van der Waals surface area contributed by atoms with Gasteiger partial charge in [-0.25, -0.2) is 0 Å². The number of nitrogens with two attached hydrogens (primary N) is 1. The summed E-state index contributed by atoms with van der Waals surface area (Å²) in [5.74, 6) is 1.54. The van der Waals surface area contributed by atoms with Crippen molar-refractivity contribution in [2.24, 2.45) is 0 Å². The molecular formula is C11H10IN3O2. The monoisotopic (exact) mass is 343 g/mol. The van der Waals surface area contributed by atoms with Crippen molar-refractivity contribution in [1.82, 2.24) is 9.97 Å². The molecule has 1 aromatic heterocycles. The van der Waals surface area contributed by atoms with Gasteiger partial charge in [-0.15, -0.1) is 0 Å². The highest BCUT2D eigenvalue weighted by atomic mass is 127. The summed E-state index contributed by atoms with van der Waals surface area (Å²) < 4.78 is 11.6. The van der Waals surface area contributed by atoms with Gasteiger partial charge in [0.05, 0.1) is 13.2 Å². The maximum atomic E-state index is 5.57. The number of nitrogens with zero attached hydrogens (tertiary/aromatic N) is 2. The standard InChI is InChI=1S/C11H10IN3O2/c1-16-9-6-10(15-11(13)14-9)17-8-4-2-3-7(12)5-8/h2-6H,1H3,(H2,13,14,15). The summed E-state index contributed by atoms with van der Waals surface area (Å²) in [7, 11) is 1.51. The Bertz CT molecular complexity index is 534. The van der Waals surface area contributed by atoms with Crippen LogP contribution in [-0.4, -0.2) is 17.1 Å². The van der Waals surface area contributed by atoms with Gasteiger partial charge in [-0.1, -0.05) is 6.07 Å². The predicted octanol–water partition coefficient (Wildman–Crippen LogP) is 2.46. The van der Waals surface area contributed by atoms with Gasteiger partial charge in [0.15, 0.2) is 0 Å². The SMILES string of the molecule is COc1cc(Oc2cccc(I)c2)nc(N)n1. The van der Waals surface area contributed by atoms with Crippen molar-refractivity contribution < 1.29 is 9.47 Å². The minimum Gasteiger partial charge on any atom is -0.481 e. The first-order chi connectivity index (χ1) is 8.17. The highest BCUT2D eigenvalue weighted by molar-refractivity contribution is 14.1. The summed E-state index contributed by atoms with van der Waals surface area (Å²) in [6.45, 7) is 0. The molecule has 0 bridgehead atoms. The van der Waals surface area contributed by atoms with Crippen molar-refractivity contribution in [3.8, 4) is 17.5 Å². The van der Waals surface area contributed by atoms with Gasteiger partial charge in [0.2, 0.25) is 17.7 Å². The van der Waals surface area contributed by atoms with Gasteiger partial charge in [0.1, 0.15) is 5.75 Å². The molecule has 5 nitrogen and oxygen atoms in total. The summed E-state index contributed by atoms with van der Waals surface area (Å²) >= 11 is 2.21. The van der Waals surface area contributed by atoms with Crippen molar-refractivity contribution in [2.45, 2.75) is 0 Å². The second-order valence-electron chi connectivity index (χ2n) is 3.17. The summed E-state index contributed by atoms with van der Waals surface area (Å²) in [6, 6.07) is 9.19. The lowest BCUT2D eigenvalue weighted by Crippen LogP contribution is -1.99. The summed E-state index contributed by atoms with van der Waals surface area (Å²) in [5.41, 5.74) is 5.53. The van der Waals surface area contributed by atoms with Crippen LogP contribution in [0.5, 0.6) is 17.5 Å². The third-order valence-electron chi connectivity index (χ3n) is 1.92. The van der Waals surface area contributed by atoms with Crippen molar-refractivity contribution >= 4 is 28.5 Å². The van der Waals surface area contributed by atoms with Gasteiger partial charge in [-0.2, -0.15) is 9.97 Å². The Morgan fingerprint density at radius 2 is 1.94 bits per heavy atom. The highest BCUT2D eigenvalue weighted by Crippen LogP contribution is 2.24. The van der Waals surface area contributed by atoms with Crippen molar-refractivity contribution in [3.05, 3.63) is 33.9 Å². The van der Waals surface area contributed by atoms with Gasteiger partial charge in [-0.3, -0.25) is 0 Å². The molecule has 0 aliphatic carbocycles. The van der Waals surface area contributed by atoms with E-state index in [2.05, 4.69) is 32.6 Å². The third kappa shape index (κ3) is 3.19. The number of benzene rings is 1. The van der Waals surface area contributed by atoms with Crippen LogP contribution in [0.1, 0.15) is 0 Å². The van der Waals surface area contributed by atoms with E-state index < -0.39 is 0 Å². The zero-order chi connectivity index (χ0) is 12.3. The Hall–Kier alpha value is -1.57. The molecule has 1 aromatic carbocycles. The molecule has 0 unspecified atom stereocenters. The lowest BCUT2D eigenvalue weighted by Gasteiger charge is -2.06. The van der Waals surface area contributed by atoms with Crippen LogP contribution in [0.4, 0.5) is 5.95 Å². The number of rotatable bonds is 3. The number of halogens is 1. The molecule has 0 aliphatic heterocycles. The van der Waals surface area contributed by atoms with Gasteiger partial charge in [-0.05, 0) is 40.8 Å². The van der Waals surface area contributed by atoms with E-state index in [0.717, 1.165) is 3.57 Å². The molecule has 2 N–H and O–H groups in total. The first-order valence-electron chi connectivity index (χ1n) is 4.79. The topological polar surface area (TPSA) is 70.3 Å². The Balaban J connectivity index is 2.26. The first kappa shape index (κ1) is 11.9. The Morgan fingerprint density at radius 1 is 1.18 bits per heavy atom. The zero-order valence-electron chi connectivity index (χ0n) is 9.05. The van der Waals surface area contributed by atoms with E-state index in [9.17, 15) is 0 Å². The maximum Gasteiger partial charge on any atom is 0.227 e. The molecule has 88 valence electrons. The molecule has 17 heavy (non-hydrogen) atoms. The van der Waals surface area contributed by atoms with Crippen LogP contribution in [0.3, 0.4) is 0 Å². The molecule has 1 heterocycles. The van der Waals surface area contributed by atoms with E-state index in [0.29, 0.717) is 17.5 Å². The van der Waals surface area contributed by atoms with Gasteiger partial charge in [0, 0.05) is 3.57 Å². The minimum absolute atomic E-state index is 0.116. The average molecular weight is 343 g/mol. The molecule has 6 heteroatoms. The molecule has 2 rings (SSSR count). The largest absolute Gasteiger partial charge is 0.481 e. The number of nitrogen functional groups attached to an aromatic ring is 1. The van der Waals surface area contributed by atoms with Crippen molar-refractivity contribution in [3.63, 3.8) is 0 Å². The van der Waals surface area contributed by atoms with Crippen LogP contribution >= 0.6 is 22.6 Å². The smallest absolute Gasteiger partial charge is 0.227 e. The molecule has 0 atom stereocenters. The summed E-state index contributed by atoms with van der Waals surface area (Å²) in [5, 5.41) is 0. The number of hydrogen-bond donors (Lipinski definition) is 1. The first-order valence-corrected chi connectivity index (χ1v) is 5.87. The van der Waals surface area contributed by atoms with Crippen LogP contribution in [0, 0.1) is 3.57 Å². The van der Waals surface area contributed by atoms with Crippen LogP contribution in [0.15, 0.2) is 30.3 Å². The van der Waals surface area contributed by atoms with E-state index >= 15 is 0 Å². The fraction of sp³-hybridized carbons (Fsp3) is 0.0909. The number of aromatic nitrogens is 2. The van der Waals surface area contributed by atoms with E-state index in [4.69, 9.17) is 15.2 Å². The zero-order valence-corrected chi connectivity index (χ0v) is 11.2. The van der Waals surface area contributed by atoms with Crippen LogP contribution in [-0.2, 0) is 0 Å². The van der Waals surface area contributed by atoms with Crippen LogP contribution in [0.25, 0.3) is 0 Å². The fourth-order valence-electron chi connectivity index (χ4n) is 1.23. The predicted molar refractivity (Wildman–Crippen MR) is 72.2 cm³/mol. The lowest BCUT2D eigenvalue weighted by atomic mass is 10.3. The molecular weight excluding hydrogens is 333 g/mol. The van der Waals surface area contributed by atoms with Gasteiger partial charge in [0.25, 0.3) is 0 Å². The van der Waals surface area contributed by atoms with Crippen LogP contribution in [0.2, 0.25) is 0 Å². The van der Waals surface area contributed by atoms with Crippen molar-refractivity contribution in [2.75, 3.05) is 12.8 Å². The Kier molecular flexibility index (Phi) is 3.62. The molecule has 0 fully saturated rings. The second kappa shape index (κ2) is 5.17.